The molecule has 6 nitrogen and oxygen atoms in total. The zero-order valence-corrected chi connectivity index (χ0v) is 15.9. The number of hydrogen-bond acceptors (Lipinski definition) is 5. The molecule has 25 heavy (non-hydrogen) atoms. The van der Waals surface area contributed by atoms with Gasteiger partial charge in [0, 0.05) is 22.5 Å². The fraction of sp³-hybridized carbons (Fsp3) is 0.444. The highest BCUT2D eigenvalue weighted by molar-refractivity contribution is 9.10. The lowest BCUT2D eigenvalue weighted by atomic mass is 9.84. The lowest BCUT2D eigenvalue weighted by Crippen LogP contribution is -2.34. The number of amides is 1. The Morgan fingerprint density at radius 1 is 1.36 bits per heavy atom. The van der Waals surface area contributed by atoms with Crippen molar-refractivity contribution in [2.75, 3.05) is 13.4 Å². The highest BCUT2D eigenvalue weighted by Crippen LogP contribution is 2.43. The molecule has 0 fully saturated rings. The largest absolute Gasteiger partial charge is 0.462 e. The van der Waals surface area contributed by atoms with E-state index in [2.05, 4.69) is 21.2 Å². The van der Waals surface area contributed by atoms with Gasteiger partial charge in [0.2, 0.25) is 12.7 Å². The standard InChI is InChI=1S/C18H20BrNO5/c1-9(2)7-23-18(22)17-10(3)20-16(21)5-12(17)11-4-14-15(6-13(11)19)25-8-24-14/h4,6,9,12H,5,7-8H2,1-3H3,(H,20,21)/t12-/m1/s1. The lowest BCUT2D eigenvalue weighted by Gasteiger charge is -2.27. The molecule has 3 rings (SSSR count). The van der Waals surface area contributed by atoms with Crippen LogP contribution in [0.4, 0.5) is 0 Å². The van der Waals surface area contributed by atoms with Crippen molar-refractivity contribution in [3.8, 4) is 11.5 Å². The van der Waals surface area contributed by atoms with E-state index in [1.54, 1.807) is 13.0 Å². The molecule has 0 spiro atoms. The van der Waals surface area contributed by atoms with Crippen molar-refractivity contribution in [1.82, 2.24) is 5.32 Å². The second-order valence-electron chi connectivity index (χ2n) is 6.56. The predicted molar refractivity (Wildman–Crippen MR) is 94.3 cm³/mol. The molecular weight excluding hydrogens is 390 g/mol. The Labute approximate surface area is 154 Å². The summed E-state index contributed by atoms with van der Waals surface area (Å²) in [6.45, 7) is 6.16. The number of hydrogen-bond donors (Lipinski definition) is 1. The molecule has 1 atom stereocenters. The van der Waals surface area contributed by atoms with Gasteiger partial charge in [-0.25, -0.2) is 4.79 Å². The third kappa shape index (κ3) is 3.66. The topological polar surface area (TPSA) is 73.9 Å². The van der Waals surface area contributed by atoms with Crippen LogP contribution in [0.2, 0.25) is 0 Å². The molecule has 1 N–H and O–H groups in total. The second kappa shape index (κ2) is 7.07. The molecule has 1 aromatic carbocycles. The first-order chi connectivity index (χ1) is 11.9. The number of benzene rings is 1. The van der Waals surface area contributed by atoms with Crippen LogP contribution in [0.1, 0.15) is 38.7 Å². The average molecular weight is 410 g/mol. The summed E-state index contributed by atoms with van der Waals surface area (Å²) >= 11 is 3.52. The van der Waals surface area contributed by atoms with Crippen LogP contribution in [0.5, 0.6) is 11.5 Å². The number of carbonyl (C=O) groups excluding carboxylic acids is 2. The van der Waals surface area contributed by atoms with E-state index in [4.69, 9.17) is 14.2 Å². The van der Waals surface area contributed by atoms with Gasteiger partial charge in [-0.1, -0.05) is 29.8 Å². The number of carbonyl (C=O) groups is 2. The van der Waals surface area contributed by atoms with Crippen molar-refractivity contribution in [1.29, 1.82) is 0 Å². The summed E-state index contributed by atoms with van der Waals surface area (Å²) < 4.78 is 17.0. The van der Waals surface area contributed by atoms with Crippen LogP contribution in [0, 0.1) is 5.92 Å². The van der Waals surface area contributed by atoms with Gasteiger partial charge in [-0.05, 0) is 30.5 Å². The first-order valence-electron chi connectivity index (χ1n) is 8.13. The number of allylic oxidation sites excluding steroid dienone is 1. The van der Waals surface area contributed by atoms with Gasteiger partial charge >= 0.3 is 5.97 Å². The average Bonchev–Trinajstić information content (AvgIpc) is 2.98. The molecule has 2 aliphatic rings. The molecule has 0 bridgehead atoms. The number of rotatable bonds is 4. The molecule has 0 saturated heterocycles. The molecule has 2 aliphatic heterocycles. The zero-order chi connectivity index (χ0) is 18.1. The summed E-state index contributed by atoms with van der Waals surface area (Å²) in [5.74, 6) is 0.543. The van der Waals surface area contributed by atoms with Gasteiger partial charge in [0.15, 0.2) is 11.5 Å². The van der Waals surface area contributed by atoms with E-state index in [-0.39, 0.29) is 25.0 Å². The summed E-state index contributed by atoms with van der Waals surface area (Å²) in [5.41, 5.74) is 1.80. The van der Waals surface area contributed by atoms with Crippen LogP contribution in [0.25, 0.3) is 0 Å². The maximum atomic E-state index is 12.6. The molecule has 1 aromatic rings. The quantitative estimate of drug-likeness (QED) is 0.772. The summed E-state index contributed by atoms with van der Waals surface area (Å²) in [6.07, 6.45) is 0.168. The highest BCUT2D eigenvalue weighted by atomic mass is 79.9. The van der Waals surface area contributed by atoms with E-state index in [1.165, 1.54) is 0 Å². The molecule has 134 valence electrons. The van der Waals surface area contributed by atoms with Crippen LogP contribution in [-0.4, -0.2) is 25.3 Å². The first-order valence-corrected chi connectivity index (χ1v) is 8.93. The van der Waals surface area contributed by atoms with E-state index in [0.29, 0.717) is 29.4 Å². The molecule has 7 heteroatoms. The van der Waals surface area contributed by atoms with Gasteiger partial charge in [-0.2, -0.15) is 0 Å². The van der Waals surface area contributed by atoms with Crippen molar-refractivity contribution in [2.45, 2.75) is 33.1 Å². The van der Waals surface area contributed by atoms with Gasteiger partial charge in [0.1, 0.15) is 0 Å². The SMILES string of the molecule is CC1=C(C(=O)OCC(C)C)[C@@H](c2cc3c(cc2Br)OCO3)CC(=O)N1. The minimum Gasteiger partial charge on any atom is -0.462 e. The van der Waals surface area contributed by atoms with Gasteiger partial charge in [0.05, 0.1) is 12.2 Å². The van der Waals surface area contributed by atoms with Crippen LogP contribution in [0.3, 0.4) is 0 Å². The maximum Gasteiger partial charge on any atom is 0.336 e. The Balaban J connectivity index is 1.99. The second-order valence-corrected chi connectivity index (χ2v) is 7.42. The Morgan fingerprint density at radius 2 is 2.04 bits per heavy atom. The van der Waals surface area contributed by atoms with Crippen molar-refractivity contribution >= 4 is 27.8 Å². The van der Waals surface area contributed by atoms with Crippen molar-refractivity contribution in [2.24, 2.45) is 5.92 Å². The smallest absolute Gasteiger partial charge is 0.336 e. The fourth-order valence-electron chi connectivity index (χ4n) is 2.96. The van der Waals surface area contributed by atoms with Gasteiger partial charge < -0.3 is 19.5 Å². The van der Waals surface area contributed by atoms with Crippen LogP contribution >= 0.6 is 15.9 Å². The predicted octanol–water partition coefficient (Wildman–Crippen LogP) is 3.25. The number of esters is 1. The van der Waals surface area contributed by atoms with E-state index in [0.717, 1.165) is 10.0 Å². The fourth-order valence-corrected chi connectivity index (χ4v) is 3.56. The summed E-state index contributed by atoms with van der Waals surface area (Å²) in [6, 6.07) is 3.62. The van der Waals surface area contributed by atoms with Gasteiger partial charge in [-0.3, -0.25) is 4.79 Å². The van der Waals surface area contributed by atoms with Crippen molar-refractivity contribution in [3.05, 3.63) is 33.4 Å². The molecule has 0 unspecified atom stereocenters. The highest BCUT2D eigenvalue weighted by Gasteiger charge is 2.35. The summed E-state index contributed by atoms with van der Waals surface area (Å²) in [7, 11) is 0. The van der Waals surface area contributed by atoms with Gasteiger partial charge in [0.25, 0.3) is 0 Å². The van der Waals surface area contributed by atoms with E-state index in [1.807, 2.05) is 19.9 Å². The number of fused-ring (bicyclic) bond motifs is 1. The summed E-state index contributed by atoms with van der Waals surface area (Å²) in [5, 5.41) is 2.74. The molecule has 1 amide bonds. The van der Waals surface area contributed by atoms with Crippen LogP contribution in [-0.2, 0) is 14.3 Å². The minimum atomic E-state index is -0.405. The molecule has 2 heterocycles. The molecular formula is C18H20BrNO5. The molecule has 0 aromatic heterocycles. The Kier molecular flexibility index (Phi) is 5.03. The molecule has 0 radical (unpaired) electrons. The lowest BCUT2D eigenvalue weighted by molar-refractivity contribution is -0.140. The number of halogens is 1. The minimum absolute atomic E-state index is 0.132. The number of ether oxygens (including phenoxy) is 3. The Hall–Kier alpha value is -2.02. The first kappa shape index (κ1) is 17.8. The summed E-state index contributed by atoms with van der Waals surface area (Å²) in [4.78, 5) is 24.7. The van der Waals surface area contributed by atoms with E-state index < -0.39 is 11.9 Å². The Bertz CT molecular complexity index is 756. The molecule has 0 saturated carbocycles. The van der Waals surface area contributed by atoms with Crippen molar-refractivity contribution in [3.63, 3.8) is 0 Å². The Morgan fingerprint density at radius 3 is 2.72 bits per heavy atom. The third-order valence-electron chi connectivity index (χ3n) is 4.10. The van der Waals surface area contributed by atoms with E-state index >= 15 is 0 Å². The van der Waals surface area contributed by atoms with Gasteiger partial charge in [-0.15, -0.1) is 0 Å². The maximum absolute atomic E-state index is 12.6. The third-order valence-corrected chi connectivity index (χ3v) is 4.79. The monoisotopic (exact) mass is 409 g/mol. The zero-order valence-electron chi connectivity index (χ0n) is 14.3. The normalized spacial score (nSPS) is 19.2. The molecule has 0 aliphatic carbocycles. The van der Waals surface area contributed by atoms with Crippen LogP contribution < -0.4 is 14.8 Å². The van der Waals surface area contributed by atoms with Crippen molar-refractivity contribution < 1.29 is 23.8 Å². The van der Waals surface area contributed by atoms with Crippen LogP contribution in [0.15, 0.2) is 27.9 Å². The van der Waals surface area contributed by atoms with E-state index in [9.17, 15) is 9.59 Å². The number of nitrogens with one attached hydrogen (secondary N) is 1.